The molecule has 0 amide bonds. The predicted octanol–water partition coefficient (Wildman–Crippen LogP) is 2.22. The average Bonchev–Trinajstić information content (AvgIpc) is 2.59. The molecule has 0 atom stereocenters. The highest BCUT2D eigenvalue weighted by Crippen LogP contribution is 2.20. The Morgan fingerprint density at radius 3 is 2.53 bits per heavy atom. The molecule has 0 aliphatic carbocycles. The molecule has 1 heterocycles. The highest BCUT2D eigenvalue weighted by atomic mass is 19.4. The van der Waals surface area contributed by atoms with Gasteiger partial charge in [0.15, 0.2) is 5.69 Å². The number of rotatable bonds is 5. The first-order valence-electron chi connectivity index (χ1n) is 5.90. The minimum Gasteiger partial charge on any atom is -0.461 e. The van der Waals surface area contributed by atoms with E-state index in [1.54, 1.807) is 6.92 Å². The summed E-state index contributed by atoms with van der Waals surface area (Å²) in [6, 6.07) is 0. The van der Waals surface area contributed by atoms with Crippen molar-refractivity contribution >= 4 is 5.97 Å². The highest BCUT2D eigenvalue weighted by molar-refractivity contribution is 5.88. The Bertz CT molecular complexity index is 441. The summed E-state index contributed by atoms with van der Waals surface area (Å²) >= 11 is 0. The van der Waals surface area contributed by atoms with Gasteiger partial charge < -0.3 is 4.74 Å². The molecule has 0 aromatic carbocycles. The molecule has 0 bridgehead atoms. The molecule has 0 spiro atoms. The lowest BCUT2D eigenvalue weighted by Crippen LogP contribution is -2.22. The summed E-state index contributed by atoms with van der Waals surface area (Å²) in [4.78, 5) is 11.6. The van der Waals surface area contributed by atoms with E-state index >= 15 is 0 Å². The molecule has 8 heteroatoms. The van der Waals surface area contributed by atoms with Crippen molar-refractivity contribution in [2.75, 3.05) is 6.61 Å². The summed E-state index contributed by atoms with van der Waals surface area (Å²) < 4.78 is 42.7. The Morgan fingerprint density at radius 2 is 2.05 bits per heavy atom. The van der Waals surface area contributed by atoms with Crippen LogP contribution in [0, 0.1) is 5.92 Å². The minimum absolute atomic E-state index is 0.0682. The zero-order valence-electron chi connectivity index (χ0n) is 11.0. The lowest BCUT2D eigenvalue weighted by Gasteiger charge is -2.11. The standard InChI is InChI=1S/C11H16F3N3O2/c1-4-19-10(18)9-8(5-7(2)3)17(16-15-9)6-11(12,13)14/h7H,4-6H2,1-3H3. The molecule has 0 radical (unpaired) electrons. The van der Waals surface area contributed by atoms with Crippen molar-refractivity contribution < 1.29 is 22.7 Å². The Balaban J connectivity index is 3.08. The molecular formula is C11H16F3N3O2. The van der Waals surface area contributed by atoms with Crippen molar-refractivity contribution in [1.82, 2.24) is 15.0 Å². The summed E-state index contributed by atoms with van der Waals surface area (Å²) in [5.74, 6) is -0.676. The molecule has 1 aromatic heterocycles. The van der Waals surface area contributed by atoms with Crippen LogP contribution in [0.4, 0.5) is 13.2 Å². The lowest BCUT2D eigenvalue weighted by atomic mass is 10.1. The maximum absolute atomic E-state index is 12.4. The first-order chi connectivity index (χ1) is 8.74. The molecule has 19 heavy (non-hydrogen) atoms. The van der Waals surface area contributed by atoms with Crippen LogP contribution in [0.2, 0.25) is 0 Å². The van der Waals surface area contributed by atoms with Crippen LogP contribution in [0.5, 0.6) is 0 Å². The zero-order valence-corrected chi connectivity index (χ0v) is 11.0. The van der Waals surface area contributed by atoms with Crippen LogP contribution < -0.4 is 0 Å². The number of hydrogen-bond acceptors (Lipinski definition) is 4. The van der Waals surface area contributed by atoms with E-state index in [9.17, 15) is 18.0 Å². The van der Waals surface area contributed by atoms with Crippen molar-refractivity contribution in [3.05, 3.63) is 11.4 Å². The van der Waals surface area contributed by atoms with Gasteiger partial charge in [0.25, 0.3) is 0 Å². The van der Waals surface area contributed by atoms with E-state index < -0.39 is 18.7 Å². The van der Waals surface area contributed by atoms with Gasteiger partial charge in [0.05, 0.1) is 12.3 Å². The monoisotopic (exact) mass is 279 g/mol. The molecule has 0 fully saturated rings. The van der Waals surface area contributed by atoms with E-state index in [0.29, 0.717) is 4.68 Å². The van der Waals surface area contributed by atoms with Gasteiger partial charge in [-0.15, -0.1) is 5.10 Å². The van der Waals surface area contributed by atoms with Gasteiger partial charge in [-0.05, 0) is 19.3 Å². The SMILES string of the molecule is CCOC(=O)c1nnn(CC(F)(F)F)c1CC(C)C. The van der Waals surface area contributed by atoms with E-state index in [1.807, 2.05) is 13.8 Å². The number of esters is 1. The van der Waals surface area contributed by atoms with E-state index in [4.69, 9.17) is 4.74 Å². The van der Waals surface area contributed by atoms with Crippen LogP contribution >= 0.6 is 0 Å². The third-order valence-corrected chi connectivity index (χ3v) is 2.24. The highest BCUT2D eigenvalue weighted by Gasteiger charge is 2.32. The molecule has 108 valence electrons. The van der Waals surface area contributed by atoms with Crippen molar-refractivity contribution in [3.63, 3.8) is 0 Å². The number of halogens is 3. The molecule has 0 aliphatic rings. The number of aromatic nitrogens is 3. The molecule has 0 N–H and O–H groups in total. The molecule has 1 aromatic rings. The fraction of sp³-hybridized carbons (Fsp3) is 0.727. The number of alkyl halides is 3. The van der Waals surface area contributed by atoms with Gasteiger partial charge in [0.1, 0.15) is 6.54 Å². The predicted molar refractivity (Wildman–Crippen MR) is 60.6 cm³/mol. The lowest BCUT2D eigenvalue weighted by molar-refractivity contribution is -0.143. The maximum Gasteiger partial charge on any atom is 0.408 e. The smallest absolute Gasteiger partial charge is 0.408 e. The van der Waals surface area contributed by atoms with Crippen molar-refractivity contribution in [1.29, 1.82) is 0 Å². The average molecular weight is 279 g/mol. The van der Waals surface area contributed by atoms with Crippen molar-refractivity contribution in [3.8, 4) is 0 Å². The number of hydrogen-bond donors (Lipinski definition) is 0. The molecule has 0 aliphatic heterocycles. The zero-order chi connectivity index (χ0) is 14.6. The summed E-state index contributed by atoms with van der Waals surface area (Å²) in [7, 11) is 0. The van der Waals surface area contributed by atoms with Gasteiger partial charge in [-0.3, -0.25) is 0 Å². The van der Waals surface area contributed by atoms with Crippen LogP contribution in [0.1, 0.15) is 37.0 Å². The second kappa shape index (κ2) is 6.03. The largest absolute Gasteiger partial charge is 0.461 e. The molecule has 0 saturated heterocycles. The van der Waals surface area contributed by atoms with E-state index in [0.717, 1.165) is 0 Å². The molecule has 0 unspecified atom stereocenters. The number of nitrogens with zero attached hydrogens (tertiary/aromatic N) is 3. The quantitative estimate of drug-likeness (QED) is 0.775. The van der Waals surface area contributed by atoms with Crippen LogP contribution in [-0.4, -0.2) is 33.7 Å². The topological polar surface area (TPSA) is 57.0 Å². The normalized spacial score (nSPS) is 11.9. The van der Waals surface area contributed by atoms with Crippen LogP contribution in [0.3, 0.4) is 0 Å². The maximum atomic E-state index is 12.4. The summed E-state index contributed by atoms with van der Waals surface area (Å²) in [6.07, 6.45) is -4.14. The fourth-order valence-electron chi connectivity index (χ4n) is 1.58. The first kappa shape index (κ1) is 15.5. The van der Waals surface area contributed by atoms with Crippen LogP contribution in [0.15, 0.2) is 0 Å². The van der Waals surface area contributed by atoms with Gasteiger partial charge in [0.2, 0.25) is 0 Å². The first-order valence-corrected chi connectivity index (χ1v) is 5.90. The van der Waals surface area contributed by atoms with Crippen molar-refractivity contribution in [2.24, 2.45) is 5.92 Å². The Labute approximate surface area is 108 Å². The van der Waals surface area contributed by atoms with Crippen molar-refractivity contribution in [2.45, 2.75) is 39.9 Å². The van der Waals surface area contributed by atoms with Gasteiger partial charge >= 0.3 is 12.1 Å². The minimum atomic E-state index is -4.41. The van der Waals surface area contributed by atoms with Crippen LogP contribution in [0.25, 0.3) is 0 Å². The Morgan fingerprint density at radius 1 is 1.42 bits per heavy atom. The molecule has 5 nitrogen and oxygen atoms in total. The summed E-state index contributed by atoms with van der Waals surface area (Å²) in [5, 5.41) is 6.91. The van der Waals surface area contributed by atoms with Crippen LogP contribution in [-0.2, 0) is 17.7 Å². The summed E-state index contributed by atoms with van der Waals surface area (Å²) in [5.41, 5.74) is 0.0191. The third kappa shape index (κ3) is 4.53. The molecular weight excluding hydrogens is 263 g/mol. The fourth-order valence-corrected chi connectivity index (χ4v) is 1.58. The van der Waals surface area contributed by atoms with Gasteiger partial charge in [-0.25, -0.2) is 9.48 Å². The third-order valence-electron chi connectivity index (χ3n) is 2.24. The van der Waals surface area contributed by atoms with E-state index in [2.05, 4.69) is 10.3 Å². The number of ether oxygens (including phenoxy) is 1. The van der Waals surface area contributed by atoms with E-state index in [1.165, 1.54) is 0 Å². The van der Waals surface area contributed by atoms with Gasteiger partial charge in [-0.2, -0.15) is 13.2 Å². The van der Waals surface area contributed by atoms with E-state index in [-0.39, 0.29) is 30.3 Å². The second-order valence-electron chi connectivity index (χ2n) is 4.48. The Kier molecular flexibility index (Phi) is 4.90. The Hall–Kier alpha value is -1.60. The van der Waals surface area contributed by atoms with Gasteiger partial charge in [-0.1, -0.05) is 19.1 Å². The second-order valence-corrected chi connectivity index (χ2v) is 4.48. The number of carbonyl (C=O) groups excluding carboxylic acids is 1. The number of carbonyl (C=O) groups is 1. The summed E-state index contributed by atoms with van der Waals surface area (Å²) in [6.45, 7) is 4.15. The van der Waals surface area contributed by atoms with Gasteiger partial charge in [0, 0.05) is 0 Å². The molecule has 0 saturated carbocycles. The molecule has 1 rings (SSSR count).